The lowest BCUT2D eigenvalue weighted by Gasteiger charge is -2.15. The standard InChI is InChI=1S/C13H17ClN2O3/c1-7(2)3-9(15)13(17)16-10-5-12-11(4-8(10)14)18-6-19-12/h4-5,7,9H,3,6,15H2,1-2H3,(H,16,17). The number of halogens is 1. The van der Waals surface area contributed by atoms with E-state index in [1.807, 2.05) is 13.8 Å². The van der Waals surface area contributed by atoms with E-state index >= 15 is 0 Å². The Morgan fingerprint density at radius 2 is 2.05 bits per heavy atom. The quantitative estimate of drug-likeness (QED) is 0.890. The van der Waals surface area contributed by atoms with E-state index in [-0.39, 0.29) is 12.7 Å². The predicted molar refractivity (Wildman–Crippen MR) is 73.6 cm³/mol. The number of hydrogen-bond acceptors (Lipinski definition) is 4. The Bertz CT molecular complexity index is 491. The number of hydrogen-bond donors (Lipinski definition) is 2. The van der Waals surface area contributed by atoms with Crippen LogP contribution in [0.15, 0.2) is 12.1 Å². The van der Waals surface area contributed by atoms with Crippen LogP contribution in [0, 0.1) is 5.92 Å². The molecular weight excluding hydrogens is 268 g/mol. The number of carbonyl (C=O) groups excluding carboxylic acids is 1. The Morgan fingerprint density at radius 3 is 2.68 bits per heavy atom. The van der Waals surface area contributed by atoms with Crippen LogP contribution in [0.5, 0.6) is 11.5 Å². The zero-order valence-electron chi connectivity index (χ0n) is 10.9. The van der Waals surface area contributed by atoms with Crippen molar-refractivity contribution in [2.24, 2.45) is 11.7 Å². The molecule has 1 atom stereocenters. The topological polar surface area (TPSA) is 73.6 Å². The van der Waals surface area contributed by atoms with Crippen molar-refractivity contribution in [2.45, 2.75) is 26.3 Å². The van der Waals surface area contributed by atoms with Gasteiger partial charge in [-0.25, -0.2) is 0 Å². The van der Waals surface area contributed by atoms with Crippen molar-refractivity contribution in [2.75, 3.05) is 12.1 Å². The van der Waals surface area contributed by atoms with E-state index < -0.39 is 6.04 Å². The molecule has 1 aliphatic rings. The van der Waals surface area contributed by atoms with Crippen LogP contribution in [0.2, 0.25) is 5.02 Å². The molecule has 0 bridgehead atoms. The van der Waals surface area contributed by atoms with Crippen LogP contribution in [-0.2, 0) is 4.79 Å². The summed E-state index contributed by atoms with van der Waals surface area (Å²) in [5.41, 5.74) is 6.30. The molecule has 1 unspecified atom stereocenters. The number of amides is 1. The van der Waals surface area contributed by atoms with Crippen LogP contribution in [0.4, 0.5) is 5.69 Å². The van der Waals surface area contributed by atoms with Crippen LogP contribution in [0.1, 0.15) is 20.3 Å². The summed E-state index contributed by atoms with van der Waals surface area (Å²) in [5, 5.41) is 3.11. The van der Waals surface area contributed by atoms with Crippen molar-refractivity contribution in [1.82, 2.24) is 0 Å². The van der Waals surface area contributed by atoms with Gasteiger partial charge in [0.05, 0.1) is 16.8 Å². The third-order valence-electron chi connectivity index (χ3n) is 2.78. The Balaban J connectivity index is 2.09. The SMILES string of the molecule is CC(C)CC(N)C(=O)Nc1cc2c(cc1Cl)OCO2. The van der Waals surface area contributed by atoms with Gasteiger partial charge in [0.1, 0.15) is 0 Å². The van der Waals surface area contributed by atoms with E-state index in [4.69, 9.17) is 26.8 Å². The van der Waals surface area contributed by atoms with Gasteiger partial charge >= 0.3 is 0 Å². The van der Waals surface area contributed by atoms with Gasteiger partial charge in [-0.2, -0.15) is 0 Å². The number of anilines is 1. The summed E-state index contributed by atoms with van der Waals surface area (Å²) in [6.07, 6.45) is 0.619. The van der Waals surface area contributed by atoms with Gasteiger partial charge in [-0.3, -0.25) is 4.79 Å². The molecule has 2 rings (SSSR count). The van der Waals surface area contributed by atoms with E-state index in [1.165, 1.54) is 0 Å². The second kappa shape index (κ2) is 5.67. The molecule has 1 amide bonds. The lowest BCUT2D eigenvalue weighted by Crippen LogP contribution is -2.36. The Morgan fingerprint density at radius 1 is 1.42 bits per heavy atom. The molecule has 6 heteroatoms. The normalized spacial score (nSPS) is 14.6. The third-order valence-corrected chi connectivity index (χ3v) is 3.09. The smallest absolute Gasteiger partial charge is 0.241 e. The lowest BCUT2D eigenvalue weighted by atomic mass is 10.0. The molecule has 3 N–H and O–H groups in total. The third kappa shape index (κ3) is 3.30. The summed E-state index contributed by atoms with van der Waals surface area (Å²) < 4.78 is 10.4. The maximum atomic E-state index is 11.9. The monoisotopic (exact) mass is 284 g/mol. The van der Waals surface area contributed by atoms with E-state index in [0.29, 0.717) is 34.5 Å². The highest BCUT2D eigenvalue weighted by atomic mass is 35.5. The number of rotatable bonds is 4. The van der Waals surface area contributed by atoms with Gasteiger partial charge in [0.25, 0.3) is 0 Å². The fourth-order valence-electron chi connectivity index (χ4n) is 1.85. The molecule has 1 aliphatic heterocycles. The van der Waals surface area contributed by atoms with Gasteiger partial charge in [0.2, 0.25) is 12.7 Å². The predicted octanol–water partition coefficient (Wildman–Crippen LogP) is 2.38. The molecule has 19 heavy (non-hydrogen) atoms. The number of benzene rings is 1. The number of fused-ring (bicyclic) bond motifs is 1. The lowest BCUT2D eigenvalue weighted by molar-refractivity contribution is -0.117. The van der Waals surface area contributed by atoms with Crippen LogP contribution in [0.3, 0.4) is 0 Å². The average molecular weight is 285 g/mol. The summed E-state index contributed by atoms with van der Waals surface area (Å²) >= 11 is 6.07. The van der Waals surface area contributed by atoms with Gasteiger partial charge < -0.3 is 20.5 Å². The highest BCUT2D eigenvalue weighted by molar-refractivity contribution is 6.34. The van der Waals surface area contributed by atoms with Crippen molar-refractivity contribution >= 4 is 23.2 Å². The van der Waals surface area contributed by atoms with Crippen LogP contribution < -0.4 is 20.5 Å². The van der Waals surface area contributed by atoms with E-state index in [0.717, 1.165) is 0 Å². The van der Waals surface area contributed by atoms with Crippen molar-refractivity contribution in [3.8, 4) is 11.5 Å². The molecule has 104 valence electrons. The summed E-state index contributed by atoms with van der Waals surface area (Å²) in [6.45, 7) is 4.19. The molecule has 0 radical (unpaired) electrons. The molecule has 1 heterocycles. The first-order valence-corrected chi connectivity index (χ1v) is 6.50. The largest absolute Gasteiger partial charge is 0.454 e. The second-order valence-electron chi connectivity index (χ2n) is 4.91. The van der Waals surface area contributed by atoms with Crippen molar-refractivity contribution in [3.63, 3.8) is 0 Å². The maximum Gasteiger partial charge on any atom is 0.241 e. The fraction of sp³-hybridized carbons (Fsp3) is 0.462. The zero-order chi connectivity index (χ0) is 14.0. The maximum absolute atomic E-state index is 11.9. The van der Waals surface area contributed by atoms with E-state index in [2.05, 4.69) is 5.32 Å². The van der Waals surface area contributed by atoms with Gasteiger partial charge in [-0.1, -0.05) is 25.4 Å². The highest BCUT2D eigenvalue weighted by Gasteiger charge is 2.20. The van der Waals surface area contributed by atoms with Crippen molar-refractivity contribution in [3.05, 3.63) is 17.2 Å². The second-order valence-corrected chi connectivity index (χ2v) is 5.32. The summed E-state index contributed by atoms with van der Waals surface area (Å²) in [4.78, 5) is 11.9. The van der Waals surface area contributed by atoms with Gasteiger partial charge in [0, 0.05) is 12.1 Å². The molecule has 0 aromatic heterocycles. The molecule has 0 spiro atoms. The Labute approximate surface area is 117 Å². The minimum atomic E-state index is -0.554. The van der Waals surface area contributed by atoms with Gasteiger partial charge in [-0.15, -0.1) is 0 Å². The number of ether oxygens (including phenoxy) is 2. The van der Waals surface area contributed by atoms with Gasteiger partial charge in [0.15, 0.2) is 11.5 Å². The molecule has 0 fully saturated rings. The molecule has 0 saturated heterocycles. The highest BCUT2D eigenvalue weighted by Crippen LogP contribution is 2.39. The molecule has 1 aromatic carbocycles. The van der Waals surface area contributed by atoms with Gasteiger partial charge in [-0.05, 0) is 12.3 Å². The Hall–Kier alpha value is -1.46. The average Bonchev–Trinajstić information content (AvgIpc) is 2.75. The number of nitrogens with two attached hydrogens (primary N) is 1. The summed E-state index contributed by atoms with van der Waals surface area (Å²) in [5.74, 6) is 1.24. The summed E-state index contributed by atoms with van der Waals surface area (Å²) in [7, 11) is 0. The minimum absolute atomic E-state index is 0.163. The van der Waals surface area contributed by atoms with Crippen LogP contribution in [-0.4, -0.2) is 18.7 Å². The molecular formula is C13H17ClN2O3. The molecule has 0 aliphatic carbocycles. The van der Waals surface area contributed by atoms with Crippen molar-refractivity contribution < 1.29 is 14.3 Å². The number of nitrogens with one attached hydrogen (secondary N) is 1. The zero-order valence-corrected chi connectivity index (χ0v) is 11.7. The van der Waals surface area contributed by atoms with Crippen LogP contribution >= 0.6 is 11.6 Å². The van der Waals surface area contributed by atoms with E-state index in [9.17, 15) is 4.79 Å². The first kappa shape index (κ1) is 14.0. The number of carbonyl (C=O) groups is 1. The first-order chi connectivity index (χ1) is 8.97. The summed E-state index contributed by atoms with van der Waals surface area (Å²) in [6, 6.07) is 2.71. The minimum Gasteiger partial charge on any atom is -0.454 e. The van der Waals surface area contributed by atoms with Crippen molar-refractivity contribution in [1.29, 1.82) is 0 Å². The molecule has 1 aromatic rings. The Kier molecular flexibility index (Phi) is 4.17. The fourth-order valence-corrected chi connectivity index (χ4v) is 2.05. The first-order valence-electron chi connectivity index (χ1n) is 6.13. The van der Waals surface area contributed by atoms with E-state index in [1.54, 1.807) is 12.1 Å². The molecule has 0 saturated carbocycles. The molecule has 5 nitrogen and oxygen atoms in total. The van der Waals surface area contributed by atoms with Crippen LogP contribution in [0.25, 0.3) is 0 Å².